The van der Waals surface area contributed by atoms with E-state index in [0.29, 0.717) is 36.3 Å². The van der Waals surface area contributed by atoms with Gasteiger partial charge < -0.3 is 20.3 Å². The molecule has 128 valence electrons. The molecule has 0 fully saturated rings. The molecular weight excluding hydrogens is 310 g/mol. The third-order valence-electron chi connectivity index (χ3n) is 5.11. The Morgan fingerprint density at radius 3 is 2.67 bits per heavy atom. The van der Waals surface area contributed by atoms with Gasteiger partial charge in [-0.1, -0.05) is 11.1 Å². The van der Waals surface area contributed by atoms with Crippen molar-refractivity contribution in [1.82, 2.24) is 0 Å². The van der Waals surface area contributed by atoms with Crippen molar-refractivity contribution in [2.45, 2.75) is 39.7 Å². The molecular formula is C18H21NO5. The Kier molecular flexibility index (Phi) is 3.99. The van der Waals surface area contributed by atoms with Crippen molar-refractivity contribution >= 4 is 17.6 Å². The van der Waals surface area contributed by atoms with Gasteiger partial charge in [-0.05, 0) is 38.7 Å². The first kappa shape index (κ1) is 16.4. The second-order valence-electron chi connectivity index (χ2n) is 6.48. The van der Waals surface area contributed by atoms with E-state index in [9.17, 15) is 14.7 Å². The first-order valence-electron chi connectivity index (χ1n) is 7.90. The summed E-state index contributed by atoms with van der Waals surface area (Å²) in [5.41, 5.74) is 11.6. The number of fused-ring (bicyclic) bond motifs is 1. The van der Waals surface area contributed by atoms with Crippen molar-refractivity contribution in [3.63, 3.8) is 0 Å². The van der Waals surface area contributed by atoms with Crippen LogP contribution in [0.3, 0.4) is 0 Å². The summed E-state index contributed by atoms with van der Waals surface area (Å²) in [6.45, 7) is 4.05. The molecule has 0 radical (unpaired) electrons. The maximum atomic E-state index is 12.0. The lowest BCUT2D eigenvalue weighted by Crippen LogP contribution is -2.11. The van der Waals surface area contributed by atoms with Crippen LogP contribution in [0.25, 0.3) is 0 Å². The fourth-order valence-electron chi connectivity index (χ4n) is 3.73. The van der Waals surface area contributed by atoms with E-state index < -0.39 is 11.9 Å². The average Bonchev–Trinajstić information content (AvgIpc) is 3.09. The summed E-state index contributed by atoms with van der Waals surface area (Å²) in [4.78, 5) is 23.2. The highest BCUT2D eigenvalue weighted by atomic mass is 16.5. The van der Waals surface area contributed by atoms with Crippen LogP contribution in [-0.4, -0.2) is 24.2 Å². The number of cyclic esters (lactones) is 1. The lowest BCUT2D eigenvalue weighted by atomic mass is 9.91. The Morgan fingerprint density at radius 1 is 1.38 bits per heavy atom. The minimum absolute atomic E-state index is 0.212. The molecule has 1 aliphatic heterocycles. The molecule has 3 N–H and O–H groups in total. The predicted molar refractivity (Wildman–Crippen MR) is 88.0 cm³/mol. The maximum Gasteiger partial charge on any atom is 0.341 e. The number of rotatable bonds is 4. The molecule has 6 heteroatoms. The molecule has 0 spiro atoms. The molecule has 0 unspecified atom stereocenters. The number of aliphatic carboxylic acids is 1. The van der Waals surface area contributed by atoms with E-state index in [1.165, 1.54) is 0 Å². The standard InChI is InChI=1S/C18H21NO5/c1-8-4-11(17(20)21)5-10(8)6-12-15(19)14-13(7-24-18(14)22)9(2)16(12)23-3/h11H,4-7,19H2,1-3H3,(H,20,21)/t11-/m0/s1. The lowest BCUT2D eigenvalue weighted by molar-refractivity contribution is -0.141. The predicted octanol–water partition coefficient (Wildman–Crippen LogP) is 2.61. The Balaban J connectivity index is 2.04. The summed E-state index contributed by atoms with van der Waals surface area (Å²) in [6.07, 6.45) is 1.55. The number of carbonyl (C=O) groups is 2. The molecule has 1 heterocycles. The van der Waals surface area contributed by atoms with Crippen molar-refractivity contribution in [3.05, 3.63) is 33.4 Å². The highest BCUT2D eigenvalue weighted by molar-refractivity contribution is 6.01. The van der Waals surface area contributed by atoms with Crippen LogP contribution in [0.4, 0.5) is 5.69 Å². The molecule has 2 aliphatic rings. The van der Waals surface area contributed by atoms with Crippen molar-refractivity contribution in [1.29, 1.82) is 0 Å². The number of hydrogen-bond acceptors (Lipinski definition) is 5. The van der Waals surface area contributed by atoms with Gasteiger partial charge in [0.1, 0.15) is 12.4 Å². The van der Waals surface area contributed by atoms with E-state index >= 15 is 0 Å². The van der Waals surface area contributed by atoms with E-state index in [1.54, 1.807) is 7.11 Å². The van der Waals surface area contributed by atoms with Crippen LogP contribution in [0.2, 0.25) is 0 Å². The van der Waals surface area contributed by atoms with Gasteiger partial charge in [0, 0.05) is 11.1 Å². The Bertz CT molecular complexity index is 778. The largest absolute Gasteiger partial charge is 0.496 e. The van der Waals surface area contributed by atoms with Crippen molar-refractivity contribution < 1.29 is 24.2 Å². The fourth-order valence-corrected chi connectivity index (χ4v) is 3.73. The molecule has 1 aromatic rings. The third kappa shape index (κ3) is 2.42. The molecule has 3 rings (SSSR count). The van der Waals surface area contributed by atoms with Gasteiger partial charge in [0.2, 0.25) is 0 Å². The number of allylic oxidation sites excluding steroid dienone is 2. The molecule has 0 saturated heterocycles. The van der Waals surface area contributed by atoms with Gasteiger partial charge in [0.05, 0.1) is 24.3 Å². The summed E-state index contributed by atoms with van der Waals surface area (Å²) >= 11 is 0. The zero-order valence-corrected chi connectivity index (χ0v) is 14.1. The van der Waals surface area contributed by atoms with Crippen LogP contribution in [0.1, 0.15) is 46.8 Å². The Hall–Kier alpha value is -2.50. The number of methoxy groups -OCH3 is 1. The number of ether oxygens (including phenoxy) is 2. The van der Waals surface area contributed by atoms with Crippen molar-refractivity contribution in [3.8, 4) is 5.75 Å². The molecule has 1 aromatic carbocycles. The normalized spacial score (nSPS) is 19.5. The number of nitrogens with two attached hydrogens (primary N) is 1. The monoisotopic (exact) mass is 331 g/mol. The first-order chi connectivity index (χ1) is 11.3. The molecule has 1 aliphatic carbocycles. The molecule has 0 amide bonds. The number of anilines is 1. The van der Waals surface area contributed by atoms with E-state index in [4.69, 9.17) is 15.2 Å². The van der Waals surface area contributed by atoms with Gasteiger partial charge in [-0.2, -0.15) is 0 Å². The summed E-state index contributed by atoms with van der Waals surface area (Å²) in [5.74, 6) is -0.913. The number of carbonyl (C=O) groups excluding carboxylic acids is 1. The van der Waals surface area contributed by atoms with Crippen molar-refractivity contribution in [2.75, 3.05) is 12.8 Å². The minimum Gasteiger partial charge on any atom is -0.496 e. The van der Waals surface area contributed by atoms with Crippen LogP contribution in [-0.2, 0) is 22.6 Å². The molecule has 1 atom stereocenters. The van der Waals surface area contributed by atoms with Crippen LogP contribution >= 0.6 is 0 Å². The number of carboxylic acid groups (broad SMARTS) is 1. The van der Waals surface area contributed by atoms with Crippen LogP contribution < -0.4 is 10.5 Å². The topological polar surface area (TPSA) is 98.9 Å². The first-order valence-corrected chi connectivity index (χ1v) is 7.90. The third-order valence-corrected chi connectivity index (χ3v) is 5.11. The maximum absolute atomic E-state index is 12.0. The SMILES string of the molecule is COc1c(C)c2c(c(N)c1CC1=C(C)C[C@H](C(=O)O)C1)C(=O)OC2. The lowest BCUT2D eigenvalue weighted by Gasteiger charge is -2.18. The smallest absolute Gasteiger partial charge is 0.341 e. The van der Waals surface area contributed by atoms with Crippen molar-refractivity contribution in [2.24, 2.45) is 5.92 Å². The summed E-state index contributed by atoms with van der Waals surface area (Å²) in [5, 5.41) is 9.24. The van der Waals surface area contributed by atoms with E-state index in [1.807, 2.05) is 13.8 Å². The highest BCUT2D eigenvalue weighted by Gasteiger charge is 2.33. The Labute approximate surface area is 140 Å². The molecule has 0 saturated carbocycles. The molecule has 24 heavy (non-hydrogen) atoms. The number of carboxylic acids is 1. The van der Waals surface area contributed by atoms with Gasteiger partial charge >= 0.3 is 11.9 Å². The average molecular weight is 331 g/mol. The number of hydrogen-bond donors (Lipinski definition) is 2. The van der Waals surface area contributed by atoms with Crippen LogP contribution in [0.5, 0.6) is 5.75 Å². The highest BCUT2D eigenvalue weighted by Crippen LogP contribution is 2.42. The zero-order chi connectivity index (χ0) is 17.6. The number of nitrogen functional groups attached to an aromatic ring is 1. The zero-order valence-electron chi connectivity index (χ0n) is 14.1. The summed E-state index contributed by atoms with van der Waals surface area (Å²) in [7, 11) is 1.57. The van der Waals surface area contributed by atoms with E-state index in [-0.39, 0.29) is 12.5 Å². The van der Waals surface area contributed by atoms with Crippen LogP contribution in [0.15, 0.2) is 11.1 Å². The van der Waals surface area contributed by atoms with Gasteiger partial charge in [0.15, 0.2) is 0 Å². The van der Waals surface area contributed by atoms with E-state index in [2.05, 4.69) is 0 Å². The van der Waals surface area contributed by atoms with Gasteiger partial charge in [-0.25, -0.2) is 4.79 Å². The number of esters is 1. The van der Waals surface area contributed by atoms with Gasteiger partial charge in [-0.3, -0.25) is 4.79 Å². The minimum atomic E-state index is -0.780. The summed E-state index contributed by atoms with van der Waals surface area (Å²) < 4.78 is 10.7. The van der Waals surface area contributed by atoms with E-state index in [0.717, 1.165) is 27.8 Å². The number of benzene rings is 1. The van der Waals surface area contributed by atoms with Gasteiger partial charge in [0.25, 0.3) is 0 Å². The Morgan fingerprint density at radius 2 is 2.08 bits per heavy atom. The second kappa shape index (κ2) is 5.85. The molecule has 6 nitrogen and oxygen atoms in total. The summed E-state index contributed by atoms with van der Waals surface area (Å²) in [6, 6.07) is 0. The quantitative estimate of drug-likeness (QED) is 0.500. The van der Waals surface area contributed by atoms with Crippen LogP contribution in [0, 0.1) is 12.8 Å². The molecule has 0 bridgehead atoms. The molecule has 0 aromatic heterocycles. The van der Waals surface area contributed by atoms with Gasteiger partial charge in [-0.15, -0.1) is 0 Å². The fraction of sp³-hybridized carbons (Fsp3) is 0.444. The second-order valence-corrected chi connectivity index (χ2v) is 6.48.